The summed E-state index contributed by atoms with van der Waals surface area (Å²) in [6.45, 7) is 2.23. The van der Waals surface area contributed by atoms with E-state index in [9.17, 15) is 5.26 Å². The van der Waals surface area contributed by atoms with Crippen LogP contribution in [0.2, 0.25) is 0 Å². The number of hydrogen-bond donors (Lipinski definition) is 0. The second kappa shape index (κ2) is 6.25. The number of hydrogen-bond acceptors (Lipinski definition) is 5. The highest BCUT2D eigenvalue weighted by molar-refractivity contribution is 8.13. The van der Waals surface area contributed by atoms with E-state index in [1.807, 2.05) is 6.26 Å². The van der Waals surface area contributed by atoms with Crippen molar-refractivity contribution >= 4 is 22.6 Å². The minimum absolute atomic E-state index is 0.246. The summed E-state index contributed by atoms with van der Waals surface area (Å²) in [5.74, 6) is 1.06. The minimum Gasteiger partial charge on any atom is -0.265 e. The third-order valence-electron chi connectivity index (χ3n) is 5.43. The first-order valence-electron chi connectivity index (χ1n) is 8.75. The van der Waals surface area contributed by atoms with Gasteiger partial charge in [-0.15, -0.1) is 11.8 Å². The maximum absolute atomic E-state index is 9.65. The first-order valence-corrected chi connectivity index (χ1v) is 9.97. The molecule has 4 nitrogen and oxygen atoms in total. The average Bonchev–Trinajstić information content (AvgIpc) is 3.17. The zero-order valence-corrected chi connectivity index (χ0v) is 15.0. The Bertz CT molecular complexity index is 748. The third kappa shape index (κ3) is 2.28. The first-order chi connectivity index (χ1) is 11.8. The molecule has 0 saturated carbocycles. The lowest BCUT2D eigenvalue weighted by molar-refractivity contribution is 0.197. The first kappa shape index (κ1) is 15.7. The topological polar surface area (TPSA) is 51.8 Å². The van der Waals surface area contributed by atoms with Crippen LogP contribution >= 0.6 is 11.8 Å². The van der Waals surface area contributed by atoms with Gasteiger partial charge in [0.05, 0.1) is 18.2 Å². The SMILES string of the molecule is CCCCC1N=C2C(C#N)C(SC)=NN2C2c3ccccc3CC12. The van der Waals surface area contributed by atoms with Gasteiger partial charge in [0.15, 0.2) is 5.92 Å². The van der Waals surface area contributed by atoms with Crippen molar-refractivity contribution in [2.24, 2.45) is 21.9 Å². The second-order valence-corrected chi connectivity index (χ2v) is 7.58. The van der Waals surface area contributed by atoms with Crippen LogP contribution in [-0.4, -0.2) is 28.2 Å². The number of thioether (sulfide) groups is 1. The van der Waals surface area contributed by atoms with Gasteiger partial charge >= 0.3 is 0 Å². The molecule has 0 bridgehead atoms. The van der Waals surface area contributed by atoms with Gasteiger partial charge < -0.3 is 0 Å². The number of hydrazone groups is 1. The number of nitrogens with zero attached hydrogens (tertiary/aromatic N) is 4. The van der Waals surface area contributed by atoms with E-state index in [2.05, 4.69) is 42.3 Å². The smallest absolute Gasteiger partial charge is 0.155 e. The summed E-state index contributed by atoms with van der Waals surface area (Å²) in [5, 5.41) is 17.4. The molecule has 0 amide bonds. The fraction of sp³-hybridized carbons (Fsp3) is 0.526. The molecule has 24 heavy (non-hydrogen) atoms. The summed E-state index contributed by atoms with van der Waals surface area (Å²) < 4.78 is 0. The van der Waals surface area contributed by atoms with Crippen LogP contribution in [0.15, 0.2) is 34.4 Å². The van der Waals surface area contributed by atoms with Crippen molar-refractivity contribution < 1.29 is 0 Å². The Kier molecular flexibility index (Phi) is 4.09. The fourth-order valence-electron chi connectivity index (χ4n) is 4.29. The monoisotopic (exact) mass is 338 g/mol. The lowest BCUT2D eigenvalue weighted by Crippen LogP contribution is -2.42. The maximum Gasteiger partial charge on any atom is 0.155 e. The van der Waals surface area contributed by atoms with Crippen LogP contribution in [0.1, 0.15) is 43.4 Å². The standard InChI is InChI=1S/C19H22N4S/c1-3-4-9-16-14-10-12-7-5-6-8-13(12)17(14)23-18(21-16)15(11-20)19(22-23)24-2/h5-8,14-17H,3-4,9-10H2,1-2H3. The Labute approximate surface area is 147 Å². The van der Waals surface area contributed by atoms with Crippen molar-refractivity contribution in [1.29, 1.82) is 5.26 Å². The molecule has 0 N–H and O–H groups in total. The molecule has 0 fully saturated rings. The zero-order valence-electron chi connectivity index (χ0n) is 14.1. The Balaban J connectivity index is 1.79. The summed E-state index contributed by atoms with van der Waals surface area (Å²) in [5.41, 5.74) is 2.80. The third-order valence-corrected chi connectivity index (χ3v) is 6.16. The van der Waals surface area contributed by atoms with E-state index in [0.717, 1.165) is 23.7 Å². The van der Waals surface area contributed by atoms with E-state index in [0.29, 0.717) is 12.0 Å². The van der Waals surface area contributed by atoms with E-state index >= 15 is 0 Å². The molecule has 124 valence electrons. The van der Waals surface area contributed by atoms with Crippen LogP contribution in [-0.2, 0) is 6.42 Å². The van der Waals surface area contributed by atoms with Gasteiger partial charge in [0.1, 0.15) is 10.9 Å². The number of unbranched alkanes of at least 4 members (excludes halogenated alkanes) is 1. The lowest BCUT2D eigenvalue weighted by Gasteiger charge is -2.37. The quantitative estimate of drug-likeness (QED) is 0.837. The number of fused-ring (bicyclic) bond motifs is 5. The number of aliphatic imine (C=N–C) groups is 1. The number of nitriles is 1. The van der Waals surface area contributed by atoms with Gasteiger partial charge in [-0.1, -0.05) is 44.0 Å². The molecule has 0 spiro atoms. The van der Waals surface area contributed by atoms with Crippen LogP contribution < -0.4 is 0 Å². The molecular weight excluding hydrogens is 316 g/mol. The predicted octanol–water partition coefficient (Wildman–Crippen LogP) is 4.00. The van der Waals surface area contributed by atoms with Gasteiger partial charge in [-0.05, 0) is 30.2 Å². The highest BCUT2D eigenvalue weighted by Crippen LogP contribution is 2.49. The fourth-order valence-corrected chi connectivity index (χ4v) is 4.85. The van der Waals surface area contributed by atoms with E-state index in [1.54, 1.807) is 11.8 Å². The normalized spacial score (nSPS) is 30.1. The Morgan fingerprint density at radius 2 is 2.21 bits per heavy atom. The summed E-state index contributed by atoms with van der Waals surface area (Å²) in [7, 11) is 0. The molecule has 5 heteroatoms. The largest absolute Gasteiger partial charge is 0.265 e. The van der Waals surface area contributed by atoms with Gasteiger partial charge in [-0.25, -0.2) is 5.01 Å². The van der Waals surface area contributed by atoms with Gasteiger partial charge in [-0.3, -0.25) is 4.99 Å². The minimum atomic E-state index is -0.294. The molecule has 4 rings (SSSR count). The summed E-state index contributed by atoms with van der Waals surface area (Å²) in [6, 6.07) is 11.7. The van der Waals surface area contributed by atoms with E-state index in [1.165, 1.54) is 24.0 Å². The van der Waals surface area contributed by atoms with Gasteiger partial charge in [0.25, 0.3) is 0 Å². The molecular formula is C19H22N4S. The van der Waals surface area contributed by atoms with Crippen LogP contribution in [0.4, 0.5) is 0 Å². The Hall–Kier alpha value is -1.80. The van der Waals surface area contributed by atoms with Crippen molar-refractivity contribution in [3.8, 4) is 6.07 Å². The van der Waals surface area contributed by atoms with E-state index in [-0.39, 0.29) is 12.0 Å². The molecule has 3 aliphatic rings. The highest BCUT2D eigenvalue weighted by Gasteiger charge is 2.49. The van der Waals surface area contributed by atoms with Crippen LogP contribution in [0.5, 0.6) is 0 Å². The molecule has 4 atom stereocenters. The van der Waals surface area contributed by atoms with Crippen molar-refractivity contribution in [2.45, 2.75) is 44.7 Å². The molecule has 1 aliphatic carbocycles. The lowest BCUT2D eigenvalue weighted by atomic mass is 9.86. The van der Waals surface area contributed by atoms with Gasteiger partial charge in [0, 0.05) is 5.92 Å². The van der Waals surface area contributed by atoms with Crippen LogP contribution in [0.25, 0.3) is 0 Å². The molecule has 1 aromatic rings. The Morgan fingerprint density at radius 3 is 2.96 bits per heavy atom. The zero-order chi connectivity index (χ0) is 16.7. The molecule has 2 heterocycles. The number of benzene rings is 1. The van der Waals surface area contributed by atoms with Gasteiger partial charge in [0.2, 0.25) is 0 Å². The Morgan fingerprint density at radius 1 is 1.38 bits per heavy atom. The van der Waals surface area contributed by atoms with E-state index in [4.69, 9.17) is 10.1 Å². The molecule has 2 aliphatic heterocycles. The molecule has 0 aromatic heterocycles. The average molecular weight is 338 g/mol. The summed E-state index contributed by atoms with van der Waals surface area (Å²) >= 11 is 1.57. The van der Waals surface area contributed by atoms with Crippen molar-refractivity contribution in [1.82, 2.24) is 5.01 Å². The number of rotatable bonds is 3. The van der Waals surface area contributed by atoms with Crippen LogP contribution in [0.3, 0.4) is 0 Å². The van der Waals surface area contributed by atoms with Crippen molar-refractivity contribution in [2.75, 3.05) is 6.26 Å². The second-order valence-electron chi connectivity index (χ2n) is 6.76. The molecule has 1 aromatic carbocycles. The van der Waals surface area contributed by atoms with Gasteiger partial charge in [-0.2, -0.15) is 10.4 Å². The number of amidine groups is 1. The predicted molar refractivity (Wildman–Crippen MR) is 99.0 cm³/mol. The molecule has 0 saturated heterocycles. The summed E-state index contributed by atoms with van der Waals surface area (Å²) in [4.78, 5) is 5.05. The maximum atomic E-state index is 9.65. The van der Waals surface area contributed by atoms with Crippen molar-refractivity contribution in [3.05, 3.63) is 35.4 Å². The van der Waals surface area contributed by atoms with Crippen LogP contribution in [0, 0.1) is 23.2 Å². The summed E-state index contributed by atoms with van der Waals surface area (Å²) in [6.07, 6.45) is 6.55. The van der Waals surface area contributed by atoms with E-state index < -0.39 is 0 Å². The highest BCUT2D eigenvalue weighted by atomic mass is 32.2. The molecule has 4 unspecified atom stereocenters. The van der Waals surface area contributed by atoms with Crippen molar-refractivity contribution in [3.63, 3.8) is 0 Å². The molecule has 0 radical (unpaired) electrons.